The highest BCUT2D eigenvalue weighted by Gasteiger charge is 2.37. The van der Waals surface area contributed by atoms with Crippen LogP contribution in [0.1, 0.15) is 40.2 Å². The van der Waals surface area contributed by atoms with Gasteiger partial charge in [0.2, 0.25) is 5.25 Å². The number of carbonyl (C=O) groups excluding carboxylic acids is 2. The first-order chi connectivity index (χ1) is 12.5. The van der Waals surface area contributed by atoms with Gasteiger partial charge < -0.3 is 13.9 Å². The molecule has 0 radical (unpaired) electrons. The van der Waals surface area contributed by atoms with Crippen LogP contribution in [0.3, 0.4) is 0 Å². The van der Waals surface area contributed by atoms with Gasteiger partial charge in [0.05, 0.1) is 19.8 Å². The number of hydrogen-bond acceptors (Lipinski definition) is 6. The van der Waals surface area contributed by atoms with Crippen LogP contribution in [0.15, 0.2) is 29.2 Å². The zero-order chi connectivity index (χ0) is 20.7. The third kappa shape index (κ3) is 6.97. The molecular weight excluding hydrogens is 380 g/mol. The molecule has 0 aromatic heterocycles. The van der Waals surface area contributed by atoms with Gasteiger partial charge in [0, 0.05) is 4.90 Å². The van der Waals surface area contributed by atoms with Crippen LogP contribution in [0.25, 0.3) is 0 Å². The molecule has 1 rings (SSSR count). The molecule has 0 bridgehead atoms. The molecular formula is C20H32O5SSi. The molecule has 0 aliphatic heterocycles. The van der Waals surface area contributed by atoms with Crippen LogP contribution in [0.5, 0.6) is 0 Å². The Morgan fingerprint density at radius 3 is 2.04 bits per heavy atom. The van der Waals surface area contributed by atoms with Crippen molar-refractivity contribution in [1.82, 2.24) is 0 Å². The average Bonchev–Trinajstić information content (AvgIpc) is 2.58. The Morgan fingerprint density at radius 1 is 1.04 bits per heavy atom. The lowest BCUT2D eigenvalue weighted by Gasteiger charge is -2.36. The van der Waals surface area contributed by atoms with E-state index in [1.54, 1.807) is 13.8 Å². The standard InChI is InChI=1S/C20H32O5SSi/c1-8-23-18(21)17(19(22)24-9-2)26-16-13-11-10-12-15(16)14-25-27(6,7)20(3,4)5/h10-13,17H,8-9,14H2,1-7H3. The topological polar surface area (TPSA) is 61.8 Å². The fourth-order valence-electron chi connectivity index (χ4n) is 1.97. The largest absolute Gasteiger partial charge is 0.465 e. The van der Waals surface area contributed by atoms with Crippen LogP contribution < -0.4 is 0 Å². The minimum Gasteiger partial charge on any atom is -0.465 e. The van der Waals surface area contributed by atoms with E-state index < -0.39 is 25.5 Å². The van der Waals surface area contributed by atoms with Gasteiger partial charge >= 0.3 is 11.9 Å². The number of thioether (sulfide) groups is 1. The van der Waals surface area contributed by atoms with Gasteiger partial charge in [0.1, 0.15) is 0 Å². The summed E-state index contributed by atoms with van der Waals surface area (Å²) in [6, 6.07) is 7.66. The van der Waals surface area contributed by atoms with Crippen LogP contribution in [0.4, 0.5) is 0 Å². The number of hydrogen-bond donors (Lipinski definition) is 0. The maximum Gasteiger partial charge on any atom is 0.331 e. The predicted octanol–water partition coefficient (Wildman–Crippen LogP) is 4.80. The van der Waals surface area contributed by atoms with Gasteiger partial charge in [-0.3, -0.25) is 9.59 Å². The molecule has 5 nitrogen and oxygen atoms in total. The van der Waals surface area contributed by atoms with Gasteiger partial charge in [-0.25, -0.2) is 0 Å². The Balaban J connectivity index is 3.02. The van der Waals surface area contributed by atoms with E-state index in [-0.39, 0.29) is 18.3 Å². The van der Waals surface area contributed by atoms with Crippen molar-refractivity contribution in [1.29, 1.82) is 0 Å². The first kappa shape index (κ1) is 23.7. The maximum absolute atomic E-state index is 12.3. The van der Waals surface area contributed by atoms with E-state index in [2.05, 4.69) is 33.9 Å². The van der Waals surface area contributed by atoms with E-state index in [4.69, 9.17) is 13.9 Å². The third-order valence-corrected chi connectivity index (χ3v) is 10.4. The summed E-state index contributed by atoms with van der Waals surface area (Å²) in [6.07, 6.45) is 0. The molecule has 0 amide bonds. The number of benzene rings is 1. The molecule has 0 heterocycles. The summed E-state index contributed by atoms with van der Waals surface area (Å²) in [5, 5.41) is -0.938. The molecule has 0 aliphatic rings. The quantitative estimate of drug-likeness (QED) is 0.251. The number of carbonyl (C=O) groups is 2. The third-order valence-electron chi connectivity index (χ3n) is 4.61. The van der Waals surface area contributed by atoms with Crippen LogP contribution in [-0.4, -0.2) is 38.7 Å². The Kier molecular flexibility index (Phi) is 9.04. The minimum absolute atomic E-state index is 0.105. The van der Waals surface area contributed by atoms with E-state index >= 15 is 0 Å². The van der Waals surface area contributed by atoms with Crippen LogP contribution in [-0.2, 0) is 30.1 Å². The van der Waals surface area contributed by atoms with Crippen molar-refractivity contribution in [3.63, 3.8) is 0 Å². The molecule has 7 heteroatoms. The van der Waals surface area contributed by atoms with Gasteiger partial charge in [-0.1, -0.05) is 50.7 Å². The fraction of sp³-hybridized carbons (Fsp3) is 0.600. The van der Waals surface area contributed by atoms with Crippen molar-refractivity contribution in [2.45, 2.75) is 69.5 Å². The number of ether oxygens (including phenoxy) is 2. The second-order valence-corrected chi connectivity index (χ2v) is 13.6. The molecule has 0 fully saturated rings. The van der Waals surface area contributed by atoms with E-state index in [9.17, 15) is 9.59 Å². The molecule has 0 atom stereocenters. The fourth-order valence-corrected chi connectivity index (χ4v) is 3.94. The van der Waals surface area contributed by atoms with Crippen molar-refractivity contribution >= 4 is 32.0 Å². The lowest BCUT2D eigenvalue weighted by atomic mass is 10.2. The van der Waals surface area contributed by atoms with Crippen molar-refractivity contribution in [2.75, 3.05) is 13.2 Å². The Hall–Kier alpha value is -1.31. The molecule has 0 aliphatic carbocycles. The SMILES string of the molecule is CCOC(=O)C(Sc1ccccc1CO[Si](C)(C)C(C)(C)C)C(=O)OCC. The van der Waals surface area contributed by atoms with Gasteiger partial charge in [-0.15, -0.1) is 0 Å². The molecule has 152 valence electrons. The highest BCUT2D eigenvalue weighted by Crippen LogP contribution is 2.38. The first-order valence-electron chi connectivity index (χ1n) is 9.25. The van der Waals surface area contributed by atoms with Crippen LogP contribution in [0, 0.1) is 0 Å². The molecule has 0 saturated heterocycles. The minimum atomic E-state index is -1.91. The predicted molar refractivity (Wildman–Crippen MR) is 111 cm³/mol. The molecule has 0 saturated carbocycles. The summed E-state index contributed by atoms with van der Waals surface area (Å²) in [5.74, 6) is -1.16. The summed E-state index contributed by atoms with van der Waals surface area (Å²) in [4.78, 5) is 25.3. The van der Waals surface area contributed by atoms with Gasteiger partial charge in [0.15, 0.2) is 8.32 Å². The van der Waals surface area contributed by atoms with Crippen LogP contribution in [0.2, 0.25) is 18.1 Å². The zero-order valence-corrected chi connectivity index (χ0v) is 19.3. The van der Waals surface area contributed by atoms with Crippen molar-refractivity contribution in [2.24, 2.45) is 0 Å². The number of rotatable bonds is 9. The molecule has 1 aromatic rings. The summed E-state index contributed by atoms with van der Waals surface area (Å²) in [6.45, 7) is 15.3. The van der Waals surface area contributed by atoms with Gasteiger partial charge in [0.25, 0.3) is 0 Å². The maximum atomic E-state index is 12.3. The molecule has 0 unspecified atom stereocenters. The van der Waals surface area contributed by atoms with Gasteiger partial charge in [-0.2, -0.15) is 0 Å². The Labute approximate surface area is 168 Å². The summed E-state index contributed by atoms with van der Waals surface area (Å²) < 4.78 is 16.4. The lowest BCUT2D eigenvalue weighted by Crippen LogP contribution is -2.40. The lowest BCUT2D eigenvalue weighted by molar-refractivity contribution is -0.152. The normalized spacial score (nSPS) is 12.1. The smallest absolute Gasteiger partial charge is 0.331 e. The summed E-state index contributed by atoms with van der Waals surface area (Å²) >= 11 is 1.16. The molecule has 27 heavy (non-hydrogen) atoms. The average molecular weight is 413 g/mol. The Bertz CT molecular complexity index is 622. The zero-order valence-electron chi connectivity index (χ0n) is 17.5. The first-order valence-corrected chi connectivity index (χ1v) is 13.0. The molecule has 0 spiro atoms. The second-order valence-electron chi connectivity index (χ2n) is 7.66. The van der Waals surface area contributed by atoms with Gasteiger partial charge in [-0.05, 0) is 43.6 Å². The molecule has 1 aromatic carbocycles. The van der Waals surface area contributed by atoms with E-state index in [0.717, 1.165) is 22.2 Å². The Morgan fingerprint density at radius 2 is 1.56 bits per heavy atom. The van der Waals surface area contributed by atoms with Crippen molar-refractivity contribution < 1.29 is 23.5 Å². The summed E-state index contributed by atoms with van der Waals surface area (Å²) in [7, 11) is -1.91. The van der Waals surface area contributed by atoms with Crippen LogP contribution >= 0.6 is 11.8 Å². The van der Waals surface area contributed by atoms with E-state index in [1.807, 2.05) is 24.3 Å². The van der Waals surface area contributed by atoms with E-state index in [0.29, 0.717) is 6.61 Å². The van der Waals surface area contributed by atoms with Crippen molar-refractivity contribution in [3.05, 3.63) is 29.8 Å². The van der Waals surface area contributed by atoms with E-state index in [1.165, 1.54) is 0 Å². The highest BCUT2D eigenvalue weighted by molar-refractivity contribution is 8.01. The second kappa shape index (κ2) is 10.3. The monoisotopic (exact) mass is 412 g/mol. The highest BCUT2D eigenvalue weighted by atomic mass is 32.2. The molecule has 0 N–H and O–H groups in total. The number of esters is 2. The van der Waals surface area contributed by atoms with Crippen molar-refractivity contribution in [3.8, 4) is 0 Å². The summed E-state index contributed by atoms with van der Waals surface area (Å²) in [5.41, 5.74) is 0.950.